The minimum atomic E-state index is -0.278. The highest BCUT2D eigenvalue weighted by molar-refractivity contribution is 7.98. The van der Waals surface area contributed by atoms with Gasteiger partial charge in [-0.15, -0.1) is 15.3 Å². The summed E-state index contributed by atoms with van der Waals surface area (Å²) in [6.07, 6.45) is 0.960. The molecule has 0 N–H and O–H groups in total. The molecule has 2 aromatic heterocycles. The Morgan fingerprint density at radius 2 is 1.76 bits per heavy atom. The molecule has 0 aliphatic heterocycles. The van der Waals surface area contributed by atoms with Crippen molar-refractivity contribution >= 4 is 11.8 Å². The molecule has 0 saturated carbocycles. The number of thioether (sulfide) groups is 1. The maximum Gasteiger partial charge on any atom is 0.192 e. The van der Waals surface area contributed by atoms with Gasteiger partial charge in [0.05, 0.1) is 12.3 Å². The van der Waals surface area contributed by atoms with Crippen LogP contribution in [0, 0.1) is 5.82 Å². The molecule has 29 heavy (non-hydrogen) atoms. The molecule has 0 unspecified atom stereocenters. The van der Waals surface area contributed by atoms with E-state index >= 15 is 0 Å². The third kappa shape index (κ3) is 4.51. The zero-order chi connectivity index (χ0) is 20.1. The van der Waals surface area contributed by atoms with Crippen molar-refractivity contribution in [1.82, 2.24) is 35.0 Å². The van der Waals surface area contributed by atoms with Crippen LogP contribution in [0.1, 0.15) is 24.7 Å². The van der Waals surface area contributed by atoms with Crippen molar-refractivity contribution in [3.05, 3.63) is 71.8 Å². The molecule has 0 aliphatic carbocycles. The summed E-state index contributed by atoms with van der Waals surface area (Å²) in [4.78, 5) is 0. The summed E-state index contributed by atoms with van der Waals surface area (Å²) in [5.41, 5.74) is 1.95. The number of aryl methyl sites for hydroxylation is 1. The first kappa shape index (κ1) is 19.3. The van der Waals surface area contributed by atoms with Crippen molar-refractivity contribution in [2.75, 3.05) is 0 Å². The van der Waals surface area contributed by atoms with Crippen molar-refractivity contribution in [3.63, 3.8) is 0 Å². The fourth-order valence-corrected chi connectivity index (χ4v) is 3.83. The molecule has 0 amide bonds. The van der Waals surface area contributed by atoms with E-state index in [2.05, 4.69) is 44.8 Å². The van der Waals surface area contributed by atoms with E-state index in [1.165, 1.54) is 23.9 Å². The lowest BCUT2D eigenvalue weighted by Gasteiger charge is -2.10. The second-order valence-electron chi connectivity index (χ2n) is 6.49. The summed E-state index contributed by atoms with van der Waals surface area (Å²) in [6, 6.07) is 16.4. The van der Waals surface area contributed by atoms with Crippen molar-refractivity contribution < 1.29 is 4.39 Å². The second kappa shape index (κ2) is 8.95. The van der Waals surface area contributed by atoms with E-state index in [-0.39, 0.29) is 5.82 Å². The van der Waals surface area contributed by atoms with Gasteiger partial charge in [-0.3, -0.25) is 4.57 Å². The van der Waals surface area contributed by atoms with Gasteiger partial charge in [-0.1, -0.05) is 49.0 Å². The molecule has 0 bridgehead atoms. The van der Waals surface area contributed by atoms with E-state index in [0.717, 1.165) is 35.1 Å². The number of halogens is 1. The normalized spacial score (nSPS) is 11.1. The lowest BCUT2D eigenvalue weighted by molar-refractivity contribution is 0.564. The lowest BCUT2D eigenvalue weighted by Crippen LogP contribution is -2.06. The maximum atomic E-state index is 13.4. The number of hydrogen-bond donors (Lipinski definition) is 0. The van der Waals surface area contributed by atoms with Crippen LogP contribution in [0.3, 0.4) is 0 Å². The van der Waals surface area contributed by atoms with Crippen molar-refractivity contribution in [2.45, 2.75) is 37.3 Å². The van der Waals surface area contributed by atoms with E-state index < -0.39 is 0 Å². The van der Waals surface area contributed by atoms with Crippen LogP contribution >= 0.6 is 11.8 Å². The van der Waals surface area contributed by atoms with E-state index in [4.69, 9.17) is 0 Å². The Labute approximate surface area is 172 Å². The molecule has 7 nitrogen and oxygen atoms in total. The topological polar surface area (TPSA) is 74.3 Å². The Bertz CT molecular complexity index is 1060. The zero-order valence-corrected chi connectivity index (χ0v) is 16.8. The minimum absolute atomic E-state index is 0.278. The van der Waals surface area contributed by atoms with E-state index in [9.17, 15) is 4.39 Å². The van der Waals surface area contributed by atoms with Crippen molar-refractivity contribution in [3.8, 4) is 11.4 Å². The van der Waals surface area contributed by atoms with Crippen LogP contribution in [-0.4, -0.2) is 35.0 Å². The van der Waals surface area contributed by atoms with Gasteiger partial charge in [-0.2, -0.15) is 0 Å². The van der Waals surface area contributed by atoms with E-state index in [1.54, 1.807) is 12.1 Å². The summed E-state index contributed by atoms with van der Waals surface area (Å²) in [7, 11) is 0. The molecule has 148 valence electrons. The molecule has 0 fully saturated rings. The Kier molecular flexibility index (Phi) is 5.95. The monoisotopic (exact) mass is 409 g/mol. The molecule has 0 aliphatic rings. The molecule has 9 heteroatoms. The standard InChI is InChI=1S/C20H20FN7S/c1-2-12-28-18(22-25-26-28)14-29-20-24-23-19(16-8-10-17(21)11-9-16)27(20)13-15-6-4-3-5-7-15/h3-11H,2,12-14H2,1H3. The number of nitrogens with zero attached hydrogens (tertiary/aromatic N) is 7. The predicted octanol–water partition coefficient (Wildman–Crippen LogP) is 3.82. The first-order chi connectivity index (χ1) is 14.2. The Morgan fingerprint density at radius 3 is 2.52 bits per heavy atom. The van der Waals surface area contributed by atoms with Gasteiger partial charge in [0.15, 0.2) is 16.8 Å². The molecule has 0 spiro atoms. The molecule has 2 aromatic carbocycles. The highest BCUT2D eigenvalue weighted by atomic mass is 32.2. The molecule has 0 saturated heterocycles. The maximum absolute atomic E-state index is 13.4. The third-order valence-corrected chi connectivity index (χ3v) is 5.34. The number of benzene rings is 2. The van der Waals surface area contributed by atoms with E-state index in [0.29, 0.717) is 18.1 Å². The zero-order valence-electron chi connectivity index (χ0n) is 15.9. The molecule has 0 atom stereocenters. The SMILES string of the molecule is CCCn1nnnc1CSc1nnc(-c2ccc(F)cc2)n1Cc1ccccc1. The summed E-state index contributed by atoms with van der Waals surface area (Å²) in [5.74, 6) is 1.81. The summed E-state index contributed by atoms with van der Waals surface area (Å²) in [6.45, 7) is 3.48. The van der Waals surface area contributed by atoms with Gasteiger partial charge >= 0.3 is 0 Å². The van der Waals surface area contributed by atoms with Crippen LogP contribution in [0.5, 0.6) is 0 Å². The van der Waals surface area contributed by atoms with Gasteiger partial charge in [0.2, 0.25) is 0 Å². The van der Waals surface area contributed by atoms with Crippen LogP contribution in [0.25, 0.3) is 11.4 Å². The summed E-state index contributed by atoms with van der Waals surface area (Å²) in [5, 5.41) is 21.5. The Hall–Kier alpha value is -3.07. The second-order valence-corrected chi connectivity index (χ2v) is 7.43. The molecule has 4 rings (SSSR count). The van der Waals surface area contributed by atoms with Gasteiger partial charge in [-0.25, -0.2) is 9.07 Å². The molecular formula is C20H20FN7S. The van der Waals surface area contributed by atoms with Crippen molar-refractivity contribution in [1.29, 1.82) is 0 Å². The first-order valence-corrected chi connectivity index (χ1v) is 10.3. The fourth-order valence-electron chi connectivity index (χ4n) is 2.96. The Morgan fingerprint density at radius 1 is 0.966 bits per heavy atom. The molecular weight excluding hydrogens is 389 g/mol. The van der Waals surface area contributed by atoms with E-state index in [1.807, 2.05) is 27.4 Å². The molecule has 4 aromatic rings. The largest absolute Gasteiger partial charge is 0.298 e. The third-order valence-electron chi connectivity index (χ3n) is 4.37. The molecule has 2 heterocycles. The summed E-state index contributed by atoms with van der Waals surface area (Å²) >= 11 is 1.53. The summed E-state index contributed by atoms with van der Waals surface area (Å²) < 4.78 is 17.2. The number of aromatic nitrogens is 7. The fraction of sp³-hybridized carbons (Fsp3) is 0.250. The average molecular weight is 409 g/mol. The smallest absolute Gasteiger partial charge is 0.192 e. The van der Waals surface area contributed by atoms with Crippen molar-refractivity contribution in [2.24, 2.45) is 0 Å². The van der Waals surface area contributed by atoms with Crippen LogP contribution in [-0.2, 0) is 18.8 Å². The van der Waals surface area contributed by atoms with Gasteiger partial charge < -0.3 is 0 Å². The Balaban J connectivity index is 1.64. The predicted molar refractivity (Wildman–Crippen MR) is 109 cm³/mol. The lowest BCUT2D eigenvalue weighted by atomic mass is 10.2. The number of hydrogen-bond acceptors (Lipinski definition) is 6. The van der Waals surface area contributed by atoms with Crippen LogP contribution in [0.4, 0.5) is 4.39 Å². The number of rotatable bonds is 8. The van der Waals surface area contributed by atoms with Crippen LogP contribution in [0.2, 0.25) is 0 Å². The van der Waals surface area contributed by atoms with Gasteiger partial charge in [-0.05, 0) is 46.7 Å². The first-order valence-electron chi connectivity index (χ1n) is 9.35. The van der Waals surface area contributed by atoms with Gasteiger partial charge in [0, 0.05) is 12.1 Å². The number of tetrazole rings is 1. The quantitative estimate of drug-likeness (QED) is 0.412. The van der Waals surface area contributed by atoms with Crippen LogP contribution in [0.15, 0.2) is 59.8 Å². The highest BCUT2D eigenvalue weighted by Crippen LogP contribution is 2.27. The molecule has 0 radical (unpaired) electrons. The highest BCUT2D eigenvalue weighted by Gasteiger charge is 2.16. The van der Waals surface area contributed by atoms with Gasteiger partial charge in [0.1, 0.15) is 5.82 Å². The average Bonchev–Trinajstić information content (AvgIpc) is 3.35. The van der Waals surface area contributed by atoms with Gasteiger partial charge in [0.25, 0.3) is 0 Å². The minimum Gasteiger partial charge on any atom is -0.298 e. The van der Waals surface area contributed by atoms with Crippen LogP contribution < -0.4 is 0 Å².